The van der Waals surface area contributed by atoms with Crippen molar-refractivity contribution in [3.8, 4) is 17.6 Å². The Morgan fingerprint density at radius 3 is 2.44 bits per heavy atom. The van der Waals surface area contributed by atoms with Crippen molar-refractivity contribution in [2.24, 2.45) is 16.9 Å². The molecule has 0 aliphatic carbocycles. The predicted molar refractivity (Wildman–Crippen MR) is 164 cm³/mol. The summed E-state index contributed by atoms with van der Waals surface area (Å²) >= 11 is 0. The second kappa shape index (κ2) is 13.2. The minimum atomic E-state index is -0.880. The van der Waals surface area contributed by atoms with E-state index in [1.807, 2.05) is 55.3 Å². The van der Waals surface area contributed by atoms with Gasteiger partial charge in [-0.05, 0) is 67.4 Å². The molecule has 2 aliphatic heterocycles. The zero-order valence-corrected chi connectivity index (χ0v) is 24.7. The number of carboxylic acid groups (broad SMARTS) is 1. The van der Waals surface area contributed by atoms with Crippen LogP contribution in [0, 0.1) is 29.0 Å². The van der Waals surface area contributed by atoms with Gasteiger partial charge in [0.25, 0.3) is 0 Å². The monoisotopic (exact) mass is 584 g/mol. The molecule has 9 heteroatoms. The van der Waals surface area contributed by atoms with Crippen LogP contribution in [0.1, 0.15) is 51.2 Å². The lowest BCUT2D eigenvalue weighted by molar-refractivity contribution is -0.137. The molecule has 1 N–H and O–H groups in total. The maximum atomic E-state index is 14.6. The van der Waals surface area contributed by atoms with Crippen molar-refractivity contribution in [1.82, 2.24) is 0 Å². The van der Waals surface area contributed by atoms with Gasteiger partial charge in [-0.15, -0.1) is 0 Å². The number of hydrogen-bond donors (Lipinski definition) is 1. The van der Waals surface area contributed by atoms with Crippen LogP contribution in [0.3, 0.4) is 0 Å². The third-order valence-corrected chi connectivity index (χ3v) is 8.26. The van der Waals surface area contributed by atoms with Crippen LogP contribution in [0.4, 0.5) is 15.8 Å². The molecule has 0 radical (unpaired) electrons. The summed E-state index contributed by atoms with van der Waals surface area (Å²) in [5, 5.41) is 25.6. The highest BCUT2D eigenvalue weighted by Crippen LogP contribution is 2.36. The third-order valence-electron chi connectivity index (χ3n) is 8.26. The summed E-state index contributed by atoms with van der Waals surface area (Å²) in [4.78, 5) is 13.9. The Bertz CT molecular complexity index is 1500. The second-order valence-corrected chi connectivity index (χ2v) is 11.1. The first kappa shape index (κ1) is 29.9. The number of hydrazone groups is 1. The zero-order valence-electron chi connectivity index (χ0n) is 24.7. The highest BCUT2D eigenvalue weighted by atomic mass is 19.1. The normalized spacial score (nSPS) is 21.7. The van der Waals surface area contributed by atoms with Gasteiger partial charge in [0.1, 0.15) is 23.4 Å². The lowest BCUT2D eigenvalue weighted by atomic mass is 9.87. The van der Waals surface area contributed by atoms with Crippen molar-refractivity contribution in [2.75, 3.05) is 29.6 Å². The van der Waals surface area contributed by atoms with Gasteiger partial charge in [0.15, 0.2) is 0 Å². The summed E-state index contributed by atoms with van der Waals surface area (Å²) in [5.41, 5.74) is 3.60. The fourth-order valence-corrected chi connectivity index (χ4v) is 6.09. The summed E-state index contributed by atoms with van der Waals surface area (Å²) < 4.78 is 26.6. The Labute approximate surface area is 251 Å². The quantitative estimate of drug-likeness (QED) is 0.291. The molecule has 3 aromatic rings. The van der Waals surface area contributed by atoms with Gasteiger partial charge in [-0.2, -0.15) is 10.4 Å². The van der Waals surface area contributed by atoms with Crippen molar-refractivity contribution in [3.05, 3.63) is 83.7 Å². The number of piperidine rings is 1. The number of carbonyl (C=O) groups is 1. The molecule has 0 bridgehead atoms. The van der Waals surface area contributed by atoms with Gasteiger partial charge in [0.2, 0.25) is 0 Å². The van der Waals surface area contributed by atoms with Crippen molar-refractivity contribution in [3.63, 3.8) is 0 Å². The average molecular weight is 585 g/mol. The van der Waals surface area contributed by atoms with E-state index in [2.05, 4.69) is 17.9 Å². The fraction of sp³-hybridized carbons (Fsp3) is 0.382. The molecule has 224 valence electrons. The molecule has 2 aliphatic rings. The van der Waals surface area contributed by atoms with E-state index < -0.39 is 5.97 Å². The largest absolute Gasteiger partial charge is 0.494 e. The molecular formula is C34H37FN4O4. The van der Waals surface area contributed by atoms with E-state index in [0.717, 1.165) is 35.6 Å². The smallest absolute Gasteiger partial charge is 0.305 e. The van der Waals surface area contributed by atoms with Crippen LogP contribution < -0.4 is 19.4 Å². The number of hydrogen-bond acceptors (Lipinski definition) is 7. The number of rotatable bonds is 10. The van der Waals surface area contributed by atoms with E-state index in [0.29, 0.717) is 36.7 Å². The van der Waals surface area contributed by atoms with Crippen molar-refractivity contribution in [1.29, 1.82) is 5.26 Å². The molecular weight excluding hydrogens is 547 g/mol. The van der Waals surface area contributed by atoms with Gasteiger partial charge in [0.05, 0.1) is 47.8 Å². The standard InChI is InChI=1S/C34H37FN4O4/c1-4-28-30(19-33(40)41)39(37-34(28)24-8-6-23(20-36)7-9-24)25-10-12-26(13-11-25)43-32-16-17-38(21-22(32)3)31-18-27(42-5-2)14-15-29(31)35/h6-15,18,22,28,30,32H,4-5,16-17,19,21H2,1-3H3,(H,40,41). The SMILES string of the molecule is CCOc1ccc(F)c(N2CCC(Oc3ccc(N4N=C(c5ccc(C#N)cc5)C(CC)C4CC(=O)O)cc3)C(C)C2)c1. The van der Waals surface area contributed by atoms with Gasteiger partial charge in [0, 0.05) is 37.4 Å². The molecule has 2 heterocycles. The lowest BCUT2D eigenvalue weighted by Crippen LogP contribution is -2.44. The molecule has 0 amide bonds. The molecule has 8 nitrogen and oxygen atoms in total. The summed E-state index contributed by atoms with van der Waals surface area (Å²) in [6.45, 7) is 7.90. The first-order valence-corrected chi connectivity index (χ1v) is 14.8. The number of nitrogens with zero attached hydrogens (tertiary/aromatic N) is 4. The Kier molecular flexibility index (Phi) is 9.15. The third kappa shape index (κ3) is 6.59. The van der Waals surface area contributed by atoms with Crippen molar-refractivity contribution < 1.29 is 23.8 Å². The van der Waals surface area contributed by atoms with E-state index in [1.54, 1.807) is 24.3 Å². The van der Waals surface area contributed by atoms with Crippen molar-refractivity contribution in [2.45, 2.75) is 52.2 Å². The average Bonchev–Trinajstić information content (AvgIpc) is 3.37. The number of carboxylic acids is 1. The first-order valence-electron chi connectivity index (χ1n) is 14.8. The van der Waals surface area contributed by atoms with E-state index in [1.165, 1.54) is 6.07 Å². The molecule has 4 unspecified atom stereocenters. The Morgan fingerprint density at radius 1 is 1.09 bits per heavy atom. The minimum Gasteiger partial charge on any atom is -0.494 e. The summed E-state index contributed by atoms with van der Waals surface area (Å²) in [6.07, 6.45) is 1.39. The molecule has 0 aromatic heterocycles. The molecule has 0 spiro atoms. The molecule has 1 saturated heterocycles. The van der Waals surface area contributed by atoms with Gasteiger partial charge in [-0.1, -0.05) is 26.0 Å². The Balaban J connectivity index is 1.30. The highest BCUT2D eigenvalue weighted by Gasteiger charge is 2.39. The van der Waals surface area contributed by atoms with Gasteiger partial charge >= 0.3 is 5.97 Å². The number of anilines is 2. The maximum absolute atomic E-state index is 14.6. The molecule has 4 atom stereocenters. The van der Waals surface area contributed by atoms with E-state index in [9.17, 15) is 19.6 Å². The zero-order chi connectivity index (χ0) is 30.5. The maximum Gasteiger partial charge on any atom is 0.305 e. The Hall–Kier alpha value is -4.58. The van der Waals surface area contributed by atoms with E-state index >= 15 is 0 Å². The van der Waals surface area contributed by atoms with Gasteiger partial charge < -0.3 is 19.5 Å². The van der Waals surface area contributed by atoms with Crippen LogP contribution >= 0.6 is 0 Å². The number of halogens is 1. The van der Waals surface area contributed by atoms with Gasteiger partial charge in [-0.3, -0.25) is 9.80 Å². The molecule has 0 saturated carbocycles. The van der Waals surface area contributed by atoms with E-state index in [4.69, 9.17) is 14.6 Å². The summed E-state index contributed by atoms with van der Waals surface area (Å²) in [7, 11) is 0. The number of aliphatic carboxylic acids is 1. The van der Waals surface area contributed by atoms with Crippen molar-refractivity contribution >= 4 is 23.1 Å². The van der Waals surface area contributed by atoms with Crippen LogP contribution in [-0.2, 0) is 4.79 Å². The molecule has 1 fully saturated rings. The van der Waals surface area contributed by atoms with Crippen LogP contribution in [-0.4, -0.2) is 48.6 Å². The fourth-order valence-electron chi connectivity index (χ4n) is 6.09. The molecule has 43 heavy (non-hydrogen) atoms. The van der Waals surface area contributed by atoms with Crippen LogP contribution in [0.15, 0.2) is 71.8 Å². The second-order valence-electron chi connectivity index (χ2n) is 11.1. The topological polar surface area (TPSA) is 98.4 Å². The summed E-state index contributed by atoms with van der Waals surface area (Å²) in [5.74, 6) is 0.318. The molecule has 3 aromatic carbocycles. The predicted octanol–water partition coefficient (Wildman–Crippen LogP) is 6.48. The number of benzene rings is 3. The number of nitriles is 1. The number of ether oxygens (including phenoxy) is 2. The lowest BCUT2D eigenvalue weighted by Gasteiger charge is -2.38. The Morgan fingerprint density at radius 2 is 1.81 bits per heavy atom. The molecule has 5 rings (SSSR count). The first-order chi connectivity index (χ1) is 20.8. The van der Waals surface area contributed by atoms with Crippen LogP contribution in [0.2, 0.25) is 0 Å². The summed E-state index contributed by atoms with van der Waals surface area (Å²) in [6, 6.07) is 21.5. The minimum absolute atomic E-state index is 0.0303. The van der Waals surface area contributed by atoms with Crippen LogP contribution in [0.25, 0.3) is 0 Å². The highest BCUT2D eigenvalue weighted by molar-refractivity contribution is 6.05. The van der Waals surface area contributed by atoms with Gasteiger partial charge in [-0.25, -0.2) is 4.39 Å². The van der Waals surface area contributed by atoms with Crippen LogP contribution in [0.5, 0.6) is 11.5 Å². The van der Waals surface area contributed by atoms with E-state index in [-0.39, 0.29) is 36.2 Å².